The summed E-state index contributed by atoms with van der Waals surface area (Å²) in [4.78, 5) is 12.3. The molecule has 1 aliphatic rings. The van der Waals surface area contributed by atoms with Crippen molar-refractivity contribution in [3.05, 3.63) is 60.2 Å². The van der Waals surface area contributed by atoms with E-state index in [9.17, 15) is 4.79 Å². The number of benzene rings is 2. The van der Waals surface area contributed by atoms with Crippen LogP contribution in [0.3, 0.4) is 0 Å². The van der Waals surface area contributed by atoms with E-state index in [1.165, 1.54) is 5.56 Å². The average Bonchev–Trinajstić information content (AvgIpc) is 3.23. The van der Waals surface area contributed by atoms with E-state index >= 15 is 0 Å². The van der Waals surface area contributed by atoms with E-state index < -0.39 is 0 Å². The Labute approximate surface area is 124 Å². The number of methoxy groups -OCH3 is 1. The van der Waals surface area contributed by atoms with Gasteiger partial charge in [-0.2, -0.15) is 0 Å². The molecule has 0 aromatic heterocycles. The highest BCUT2D eigenvalue weighted by molar-refractivity contribution is 5.81. The normalized spacial score (nSPS) is 23.4. The minimum Gasteiger partial charge on any atom is -0.497 e. The van der Waals surface area contributed by atoms with E-state index in [0.29, 0.717) is 5.75 Å². The number of esters is 1. The average molecular weight is 282 g/mol. The Hall–Kier alpha value is -2.29. The summed E-state index contributed by atoms with van der Waals surface area (Å²) in [7, 11) is 1.61. The van der Waals surface area contributed by atoms with Gasteiger partial charge in [0, 0.05) is 5.41 Å². The molecule has 3 rings (SSSR count). The van der Waals surface area contributed by atoms with Crippen LogP contribution in [-0.2, 0) is 10.2 Å². The molecule has 0 aliphatic heterocycles. The fourth-order valence-corrected chi connectivity index (χ4v) is 2.68. The number of rotatable bonds is 4. The number of hydrogen-bond donors (Lipinski definition) is 0. The third-order valence-electron chi connectivity index (χ3n) is 4.23. The lowest BCUT2D eigenvalue weighted by Gasteiger charge is -2.11. The molecule has 0 N–H and O–H groups in total. The summed E-state index contributed by atoms with van der Waals surface area (Å²) < 4.78 is 10.5. The van der Waals surface area contributed by atoms with Crippen LogP contribution in [0.2, 0.25) is 0 Å². The first-order chi connectivity index (χ1) is 10.1. The molecule has 21 heavy (non-hydrogen) atoms. The van der Waals surface area contributed by atoms with Gasteiger partial charge in [-0.15, -0.1) is 0 Å². The van der Waals surface area contributed by atoms with Gasteiger partial charge in [0.15, 0.2) is 0 Å². The standard InChI is InChI=1S/C18H18O3/c1-18(13-6-4-3-5-7-13)12-16(18)17(19)21-15-10-8-14(20-2)9-11-15/h3-11,16H,12H2,1-2H3/t16-,18-/m1/s1. The van der Waals surface area contributed by atoms with Gasteiger partial charge in [-0.05, 0) is 36.2 Å². The molecule has 0 unspecified atom stereocenters. The summed E-state index contributed by atoms with van der Waals surface area (Å²) in [6.45, 7) is 2.11. The molecular formula is C18H18O3. The minimum absolute atomic E-state index is 0.0676. The molecule has 0 amide bonds. The van der Waals surface area contributed by atoms with Crippen LogP contribution in [0.25, 0.3) is 0 Å². The number of carbonyl (C=O) groups excluding carboxylic acids is 1. The number of ether oxygens (including phenoxy) is 2. The quantitative estimate of drug-likeness (QED) is 0.635. The van der Waals surface area contributed by atoms with Crippen molar-refractivity contribution in [2.45, 2.75) is 18.8 Å². The van der Waals surface area contributed by atoms with Crippen molar-refractivity contribution in [2.24, 2.45) is 5.92 Å². The molecule has 0 bridgehead atoms. The summed E-state index contributed by atoms with van der Waals surface area (Å²) in [5.74, 6) is 1.08. The van der Waals surface area contributed by atoms with Crippen molar-refractivity contribution in [1.82, 2.24) is 0 Å². The second-order valence-electron chi connectivity index (χ2n) is 5.64. The Balaban J connectivity index is 1.67. The molecule has 1 fully saturated rings. The molecule has 1 aliphatic carbocycles. The second-order valence-corrected chi connectivity index (χ2v) is 5.64. The highest BCUT2D eigenvalue weighted by Crippen LogP contribution is 2.54. The SMILES string of the molecule is COc1ccc(OC(=O)[C@H]2C[C@]2(C)c2ccccc2)cc1. The molecule has 0 radical (unpaired) electrons. The topological polar surface area (TPSA) is 35.5 Å². The van der Waals surface area contributed by atoms with Gasteiger partial charge in [0.05, 0.1) is 13.0 Å². The molecule has 1 saturated carbocycles. The fourth-order valence-electron chi connectivity index (χ4n) is 2.68. The van der Waals surface area contributed by atoms with E-state index in [1.54, 1.807) is 31.4 Å². The van der Waals surface area contributed by atoms with Gasteiger partial charge in [-0.3, -0.25) is 4.79 Å². The fraction of sp³-hybridized carbons (Fsp3) is 0.278. The zero-order valence-corrected chi connectivity index (χ0v) is 12.2. The van der Waals surface area contributed by atoms with Gasteiger partial charge in [-0.1, -0.05) is 37.3 Å². The van der Waals surface area contributed by atoms with E-state index in [1.807, 2.05) is 18.2 Å². The van der Waals surface area contributed by atoms with Crippen LogP contribution in [0.4, 0.5) is 0 Å². The van der Waals surface area contributed by atoms with Crippen molar-refractivity contribution >= 4 is 5.97 Å². The Bertz CT molecular complexity index is 633. The number of carbonyl (C=O) groups is 1. The highest BCUT2D eigenvalue weighted by Gasteiger charge is 2.56. The first-order valence-corrected chi connectivity index (χ1v) is 7.05. The van der Waals surface area contributed by atoms with Crippen molar-refractivity contribution in [3.63, 3.8) is 0 Å². The Kier molecular flexibility index (Phi) is 3.42. The maximum Gasteiger partial charge on any atom is 0.315 e. The monoisotopic (exact) mass is 282 g/mol. The summed E-state index contributed by atoms with van der Waals surface area (Å²) in [5, 5.41) is 0. The van der Waals surface area contributed by atoms with Gasteiger partial charge >= 0.3 is 5.97 Å². The molecule has 0 saturated heterocycles. The van der Waals surface area contributed by atoms with E-state index in [0.717, 1.165) is 12.2 Å². The molecule has 3 nitrogen and oxygen atoms in total. The van der Waals surface area contributed by atoms with E-state index in [2.05, 4.69) is 19.1 Å². The number of hydrogen-bond acceptors (Lipinski definition) is 3. The summed E-state index contributed by atoms with van der Waals surface area (Å²) >= 11 is 0. The van der Waals surface area contributed by atoms with E-state index in [4.69, 9.17) is 9.47 Å². The molecule has 0 heterocycles. The third kappa shape index (κ3) is 2.64. The van der Waals surface area contributed by atoms with Gasteiger partial charge in [0.25, 0.3) is 0 Å². The largest absolute Gasteiger partial charge is 0.497 e. The highest BCUT2D eigenvalue weighted by atomic mass is 16.5. The van der Waals surface area contributed by atoms with Crippen molar-refractivity contribution in [1.29, 1.82) is 0 Å². The molecule has 0 spiro atoms. The maximum atomic E-state index is 12.3. The lowest BCUT2D eigenvalue weighted by molar-refractivity contribution is -0.136. The van der Waals surface area contributed by atoms with Gasteiger partial charge in [0.2, 0.25) is 0 Å². The van der Waals surface area contributed by atoms with E-state index in [-0.39, 0.29) is 17.3 Å². The Morgan fingerprint density at radius 2 is 1.67 bits per heavy atom. The van der Waals surface area contributed by atoms with Crippen LogP contribution >= 0.6 is 0 Å². The zero-order chi connectivity index (χ0) is 14.9. The van der Waals surface area contributed by atoms with Crippen molar-refractivity contribution < 1.29 is 14.3 Å². The first kappa shape index (κ1) is 13.7. The summed E-state index contributed by atoms with van der Waals surface area (Å²) in [6, 6.07) is 17.2. The molecule has 3 heteroatoms. The first-order valence-electron chi connectivity index (χ1n) is 7.05. The van der Waals surface area contributed by atoms with Crippen LogP contribution in [0, 0.1) is 5.92 Å². The van der Waals surface area contributed by atoms with Gasteiger partial charge in [-0.25, -0.2) is 0 Å². The predicted octanol–water partition coefficient (Wildman–Crippen LogP) is 3.58. The summed E-state index contributed by atoms with van der Waals surface area (Å²) in [6.07, 6.45) is 0.839. The lowest BCUT2D eigenvalue weighted by atomic mass is 9.96. The summed E-state index contributed by atoms with van der Waals surface area (Å²) in [5.41, 5.74) is 1.10. The lowest BCUT2D eigenvalue weighted by Crippen LogP contribution is -2.17. The van der Waals surface area contributed by atoms with Gasteiger partial charge in [0.1, 0.15) is 11.5 Å². The van der Waals surface area contributed by atoms with Crippen LogP contribution in [-0.4, -0.2) is 13.1 Å². The van der Waals surface area contributed by atoms with Crippen LogP contribution in [0.1, 0.15) is 18.9 Å². The third-order valence-corrected chi connectivity index (χ3v) is 4.23. The van der Waals surface area contributed by atoms with Crippen LogP contribution in [0.5, 0.6) is 11.5 Å². The maximum absolute atomic E-state index is 12.3. The van der Waals surface area contributed by atoms with Gasteiger partial charge < -0.3 is 9.47 Å². The smallest absolute Gasteiger partial charge is 0.315 e. The predicted molar refractivity (Wildman–Crippen MR) is 80.5 cm³/mol. The van der Waals surface area contributed by atoms with Crippen LogP contribution in [0.15, 0.2) is 54.6 Å². The van der Waals surface area contributed by atoms with Crippen LogP contribution < -0.4 is 9.47 Å². The Morgan fingerprint density at radius 1 is 1.05 bits per heavy atom. The van der Waals surface area contributed by atoms with Crippen molar-refractivity contribution in [2.75, 3.05) is 7.11 Å². The molecule has 108 valence electrons. The molecule has 2 aromatic carbocycles. The minimum atomic E-state index is -0.161. The molecule has 2 atom stereocenters. The Morgan fingerprint density at radius 3 is 2.29 bits per heavy atom. The zero-order valence-electron chi connectivity index (χ0n) is 12.2. The van der Waals surface area contributed by atoms with Crippen molar-refractivity contribution in [3.8, 4) is 11.5 Å². The molecule has 2 aromatic rings. The molecular weight excluding hydrogens is 264 g/mol. The second kappa shape index (κ2) is 5.24.